The zero-order chi connectivity index (χ0) is 6.69. The molecular formula is C7H14N2. The van der Waals surface area contributed by atoms with Crippen LogP contribution in [0.5, 0.6) is 0 Å². The highest BCUT2D eigenvalue weighted by Crippen LogP contribution is 2.04. The third-order valence-electron chi connectivity index (χ3n) is 1.45. The Morgan fingerprint density at radius 3 is 3.00 bits per heavy atom. The molecule has 0 unspecified atom stereocenters. The molecule has 0 atom stereocenters. The van der Waals surface area contributed by atoms with Crippen molar-refractivity contribution in [2.45, 2.75) is 26.7 Å². The van der Waals surface area contributed by atoms with Crippen molar-refractivity contribution in [2.75, 3.05) is 0 Å². The fraction of sp³-hybridized carbons (Fsp3) is 0.571. The molecule has 0 fully saturated rings. The average Bonchev–Trinajstić information content (AvgIpc) is 2.18. The summed E-state index contributed by atoms with van der Waals surface area (Å²) in [5.41, 5.74) is 2.55. The van der Waals surface area contributed by atoms with E-state index in [-0.39, 0.29) is 1.43 Å². The van der Waals surface area contributed by atoms with Crippen molar-refractivity contribution in [3.8, 4) is 0 Å². The molecule has 2 nitrogen and oxygen atoms in total. The Labute approximate surface area is 56.8 Å². The standard InChI is InChI=1S/C7H12N2.H2/c1-3-4-7-5-8-9-6(7)2;/h5H,3-4H2,1-2H3,(H,8,9);1H. The third kappa shape index (κ3) is 1.31. The van der Waals surface area contributed by atoms with E-state index in [1.54, 1.807) is 0 Å². The molecule has 1 heterocycles. The SMILES string of the molecule is CCCc1cn[nH]c1C.[HH]. The van der Waals surface area contributed by atoms with Crippen LogP contribution in [0.2, 0.25) is 0 Å². The molecule has 0 radical (unpaired) electrons. The summed E-state index contributed by atoms with van der Waals surface area (Å²) in [7, 11) is 0. The number of aromatic nitrogens is 2. The maximum atomic E-state index is 3.92. The van der Waals surface area contributed by atoms with Crippen LogP contribution in [-0.2, 0) is 6.42 Å². The second kappa shape index (κ2) is 2.67. The summed E-state index contributed by atoms with van der Waals surface area (Å²) >= 11 is 0. The first kappa shape index (κ1) is 6.33. The molecule has 0 aliphatic rings. The number of hydrogen-bond donors (Lipinski definition) is 1. The van der Waals surface area contributed by atoms with Crippen molar-refractivity contribution in [1.82, 2.24) is 10.2 Å². The van der Waals surface area contributed by atoms with Crippen molar-refractivity contribution in [3.63, 3.8) is 0 Å². The minimum atomic E-state index is 0. The molecule has 1 N–H and O–H groups in total. The molecule has 2 heteroatoms. The first-order valence-corrected chi connectivity index (χ1v) is 3.33. The minimum Gasteiger partial charge on any atom is -0.283 e. The van der Waals surface area contributed by atoms with Crippen molar-refractivity contribution >= 4 is 0 Å². The number of aromatic amines is 1. The van der Waals surface area contributed by atoms with E-state index in [1.807, 2.05) is 6.20 Å². The van der Waals surface area contributed by atoms with Gasteiger partial charge in [-0.05, 0) is 18.9 Å². The molecule has 0 amide bonds. The van der Waals surface area contributed by atoms with Gasteiger partial charge < -0.3 is 0 Å². The van der Waals surface area contributed by atoms with E-state index in [9.17, 15) is 0 Å². The van der Waals surface area contributed by atoms with Crippen molar-refractivity contribution in [2.24, 2.45) is 0 Å². The van der Waals surface area contributed by atoms with E-state index >= 15 is 0 Å². The predicted octanol–water partition coefficient (Wildman–Crippen LogP) is 1.92. The monoisotopic (exact) mass is 126 g/mol. The summed E-state index contributed by atoms with van der Waals surface area (Å²) < 4.78 is 0. The first-order chi connectivity index (χ1) is 4.34. The minimum absolute atomic E-state index is 0. The van der Waals surface area contributed by atoms with Gasteiger partial charge in [0.2, 0.25) is 0 Å². The van der Waals surface area contributed by atoms with Crippen molar-refractivity contribution in [3.05, 3.63) is 17.5 Å². The Balaban J connectivity index is 0.000000810. The zero-order valence-electron chi connectivity index (χ0n) is 5.94. The molecule has 0 aliphatic carbocycles. The zero-order valence-corrected chi connectivity index (χ0v) is 5.94. The Bertz CT molecular complexity index is 183. The van der Waals surface area contributed by atoms with Crippen LogP contribution in [-0.4, -0.2) is 10.2 Å². The number of nitrogens with one attached hydrogen (secondary N) is 1. The fourth-order valence-electron chi connectivity index (χ4n) is 0.897. The molecular weight excluding hydrogens is 112 g/mol. The molecule has 1 rings (SSSR count). The van der Waals surface area contributed by atoms with E-state index in [0.717, 1.165) is 6.42 Å². The first-order valence-electron chi connectivity index (χ1n) is 3.33. The Hall–Kier alpha value is -0.790. The molecule has 0 aromatic carbocycles. The molecule has 9 heavy (non-hydrogen) atoms. The lowest BCUT2D eigenvalue weighted by Crippen LogP contribution is -1.81. The summed E-state index contributed by atoms with van der Waals surface area (Å²) in [6, 6.07) is 0. The van der Waals surface area contributed by atoms with E-state index < -0.39 is 0 Å². The van der Waals surface area contributed by atoms with Gasteiger partial charge in [0.15, 0.2) is 0 Å². The highest BCUT2D eigenvalue weighted by molar-refractivity contribution is 5.13. The van der Waals surface area contributed by atoms with Crippen LogP contribution in [0.4, 0.5) is 0 Å². The van der Waals surface area contributed by atoms with Crippen LogP contribution in [0.3, 0.4) is 0 Å². The van der Waals surface area contributed by atoms with Crippen LogP contribution < -0.4 is 0 Å². The molecule has 0 saturated heterocycles. The Morgan fingerprint density at radius 2 is 2.56 bits per heavy atom. The summed E-state index contributed by atoms with van der Waals surface area (Å²) in [5.74, 6) is 0. The van der Waals surface area contributed by atoms with Gasteiger partial charge in [-0.1, -0.05) is 13.3 Å². The molecule has 0 aliphatic heterocycles. The number of aryl methyl sites for hydroxylation is 2. The lowest BCUT2D eigenvalue weighted by Gasteiger charge is -1.91. The molecule has 1 aromatic heterocycles. The van der Waals surface area contributed by atoms with Gasteiger partial charge in [0, 0.05) is 7.12 Å². The molecule has 0 saturated carbocycles. The highest BCUT2D eigenvalue weighted by atomic mass is 15.1. The summed E-state index contributed by atoms with van der Waals surface area (Å²) in [4.78, 5) is 0. The maximum Gasteiger partial charge on any atom is 0.0522 e. The summed E-state index contributed by atoms with van der Waals surface area (Å²) in [6.07, 6.45) is 4.24. The van der Waals surface area contributed by atoms with Crippen LogP contribution in [0.25, 0.3) is 0 Å². The third-order valence-corrected chi connectivity index (χ3v) is 1.45. The van der Waals surface area contributed by atoms with Crippen molar-refractivity contribution in [1.29, 1.82) is 0 Å². The van der Waals surface area contributed by atoms with Gasteiger partial charge >= 0.3 is 0 Å². The lowest BCUT2D eigenvalue weighted by atomic mass is 10.2. The summed E-state index contributed by atoms with van der Waals surface area (Å²) in [5, 5.41) is 6.82. The Morgan fingerprint density at radius 1 is 1.78 bits per heavy atom. The fourth-order valence-corrected chi connectivity index (χ4v) is 0.897. The number of rotatable bonds is 2. The number of hydrogen-bond acceptors (Lipinski definition) is 1. The van der Waals surface area contributed by atoms with Gasteiger partial charge in [0.25, 0.3) is 0 Å². The van der Waals surface area contributed by atoms with Crippen LogP contribution in [0, 0.1) is 6.92 Å². The number of nitrogens with zero attached hydrogens (tertiary/aromatic N) is 1. The highest BCUT2D eigenvalue weighted by Gasteiger charge is 1.95. The normalized spacial score (nSPS) is 10.0. The maximum absolute atomic E-state index is 3.92. The second-order valence-electron chi connectivity index (χ2n) is 2.27. The second-order valence-corrected chi connectivity index (χ2v) is 2.27. The molecule has 52 valence electrons. The average molecular weight is 126 g/mol. The van der Waals surface area contributed by atoms with Gasteiger partial charge in [0.1, 0.15) is 0 Å². The Kier molecular flexibility index (Phi) is 1.88. The van der Waals surface area contributed by atoms with Gasteiger partial charge in [-0.2, -0.15) is 5.10 Å². The smallest absolute Gasteiger partial charge is 0.0522 e. The molecule has 1 aromatic rings. The van der Waals surface area contributed by atoms with Crippen molar-refractivity contribution < 1.29 is 1.43 Å². The molecule has 0 bridgehead atoms. The van der Waals surface area contributed by atoms with Gasteiger partial charge in [-0.25, -0.2) is 0 Å². The summed E-state index contributed by atoms with van der Waals surface area (Å²) in [6.45, 7) is 4.23. The largest absolute Gasteiger partial charge is 0.283 e. The predicted molar refractivity (Wildman–Crippen MR) is 39.4 cm³/mol. The van der Waals surface area contributed by atoms with E-state index in [1.165, 1.54) is 17.7 Å². The van der Waals surface area contributed by atoms with Crippen LogP contribution >= 0.6 is 0 Å². The van der Waals surface area contributed by atoms with Crippen LogP contribution in [0.15, 0.2) is 6.20 Å². The van der Waals surface area contributed by atoms with Gasteiger partial charge in [-0.3, -0.25) is 5.10 Å². The quantitative estimate of drug-likeness (QED) is 0.644. The van der Waals surface area contributed by atoms with Gasteiger partial charge in [-0.15, -0.1) is 0 Å². The van der Waals surface area contributed by atoms with E-state index in [2.05, 4.69) is 24.0 Å². The molecule has 0 spiro atoms. The van der Waals surface area contributed by atoms with E-state index in [4.69, 9.17) is 0 Å². The van der Waals surface area contributed by atoms with Gasteiger partial charge in [0.05, 0.1) is 6.20 Å². The van der Waals surface area contributed by atoms with E-state index in [0.29, 0.717) is 0 Å². The van der Waals surface area contributed by atoms with Crippen LogP contribution in [0.1, 0.15) is 26.0 Å². The number of H-pyrrole nitrogens is 1. The topological polar surface area (TPSA) is 28.7 Å². The lowest BCUT2D eigenvalue weighted by molar-refractivity contribution is 0.912.